The number of oxazole rings is 1. The smallest absolute Gasteiger partial charge is 0.236 e. The highest BCUT2D eigenvalue weighted by Gasteiger charge is 2.38. The average Bonchev–Trinajstić information content (AvgIpc) is 3.20. The van der Waals surface area contributed by atoms with Crippen LogP contribution in [0.1, 0.15) is 56.2 Å². The molecule has 0 bridgehead atoms. The van der Waals surface area contributed by atoms with Crippen LogP contribution >= 0.6 is 0 Å². The van der Waals surface area contributed by atoms with Crippen LogP contribution in [0.25, 0.3) is 0 Å². The quantitative estimate of drug-likeness (QED) is 0.768. The molecule has 1 amide bonds. The molecule has 2 saturated heterocycles. The summed E-state index contributed by atoms with van der Waals surface area (Å²) in [5.74, 6) is 1.28. The van der Waals surface area contributed by atoms with Gasteiger partial charge in [-0.1, -0.05) is 24.6 Å². The van der Waals surface area contributed by atoms with Crippen molar-refractivity contribution >= 4 is 5.91 Å². The van der Waals surface area contributed by atoms with E-state index in [0.29, 0.717) is 36.7 Å². The van der Waals surface area contributed by atoms with E-state index in [2.05, 4.69) is 16.8 Å². The number of aromatic nitrogens is 1. The number of hydrogen-bond acceptors (Lipinski definition) is 4. The molecule has 0 N–H and O–H groups in total. The summed E-state index contributed by atoms with van der Waals surface area (Å²) in [5, 5.41) is 0. The number of hydrogen-bond donors (Lipinski definition) is 0. The van der Waals surface area contributed by atoms with Crippen LogP contribution in [0.5, 0.6) is 0 Å². The van der Waals surface area contributed by atoms with Crippen molar-refractivity contribution in [3.63, 3.8) is 0 Å². The summed E-state index contributed by atoms with van der Waals surface area (Å²) in [6, 6.07) is 6.73. The molecule has 2 aromatic rings. The SMILES string of the molecule is CC1(c2ncc(Cc3ccccc3F)o2)CCCN(C(=O)CN2CCCCC2)C1. The zero-order chi connectivity index (χ0) is 20.3. The molecular weight excluding hydrogens is 369 g/mol. The van der Waals surface area contributed by atoms with Crippen molar-refractivity contribution in [3.05, 3.63) is 53.5 Å². The number of halogens is 1. The van der Waals surface area contributed by atoms with Crippen molar-refractivity contribution in [1.29, 1.82) is 0 Å². The van der Waals surface area contributed by atoms with Crippen LogP contribution in [0.4, 0.5) is 4.39 Å². The number of nitrogens with zero attached hydrogens (tertiary/aromatic N) is 3. The van der Waals surface area contributed by atoms with E-state index in [-0.39, 0.29) is 17.1 Å². The molecule has 29 heavy (non-hydrogen) atoms. The van der Waals surface area contributed by atoms with Gasteiger partial charge in [0.05, 0.1) is 18.2 Å². The topological polar surface area (TPSA) is 49.6 Å². The van der Waals surface area contributed by atoms with Gasteiger partial charge in [0.25, 0.3) is 0 Å². The molecule has 5 nitrogen and oxygen atoms in total. The van der Waals surface area contributed by atoms with Crippen LogP contribution in [0, 0.1) is 5.82 Å². The fourth-order valence-corrected chi connectivity index (χ4v) is 4.53. The third-order valence-corrected chi connectivity index (χ3v) is 6.25. The van der Waals surface area contributed by atoms with Crippen molar-refractivity contribution < 1.29 is 13.6 Å². The first kappa shape index (κ1) is 20.1. The minimum Gasteiger partial charge on any atom is -0.445 e. The van der Waals surface area contributed by atoms with Crippen molar-refractivity contribution in [2.75, 3.05) is 32.7 Å². The number of carbonyl (C=O) groups excluding carboxylic acids is 1. The second-order valence-corrected chi connectivity index (χ2v) is 8.72. The van der Waals surface area contributed by atoms with E-state index in [9.17, 15) is 9.18 Å². The highest BCUT2D eigenvalue weighted by atomic mass is 19.1. The van der Waals surface area contributed by atoms with Gasteiger partial charge in [0, 0.05) is 19.5 Å². The van der Waals surface area contributed by atoms with Crippen molar-refractivity contribution in [2.45, 2.75) is 50.9 Å². The first-order valence-electron chi connectivity index (χ1n) is 10.7. The Morgan fingerprint density at radius 1 is 1.17 bits per heavy atom. The number of rotatable bonds is 5. The second-order valence-electron chi connectivity index (χ2n) is 8.72. The summed E-state index contributed by atoms with van der Waals surface area (Å²) in [6.07, 6.45) is 7.59. The predicted octanol–water partition coefficient (Wildman–Crippen LogP) is 3.77. The van der Waals surface area contributed by atoms with Crippen LogP contribution in [0.3, 0.4) is 0 Å². The van der Waals surface area contributed by atoms with Crippen molar-refractivity contribution in [1.82, 2.24) is 14.8 Å². The molecule has 0 spiro atoms. The second kappa shape index (κ2) is 8.66. The normalized spacial score (nSPS) is 23.3. The molecular formula is C23H30FN3O2. The van der Waals surface area contributed by atoms with Crippen molar-refractivity contribution in [2.24, 2.45) is 0 Å². The molecule has 156 valence electrons. The molecule has 4 rings (SSSR count). The molecule has 1 unspecified atom stereocenters. The Balaban J connectivity index is 1.41. The lowest BCUT2D eigenvalue weighted by Crippen LogP contribution is -2.50. The molecule has 1 atom stereocenters. The molecule has 6 heteroatoms. The third kappa shape index (κ3) is 4.69. The monoisotopic (exact) mass is 399 g/mol. The van der Waals surface area contributed by atoms with E-state index in [0.717, 1.165) is 32.5 Å². The van der Waals surface area contributed by atoms with Crippen molar-refractivity contribution in [3.8, 4) is 0 Å². The van der Waals surface area contributed by atoms with Gasteiger partial charge in [0.15, 0.2) is 0 Å². The lowest BCUT2D eigenvalue weighted by atomic mass is 9.81. The van der Waals surface area contributed by atoms with Gasteiger partial charge in [-0.15, -0.1) is 0 Å². The van der Waals surface area contributed by atoms with E-state index in [1.54, 1.807) is 18.3 Å². The minimum absolute atomic E-state index is 0.205. The molecule has 2 fully saturated rings. The summed E-state index contributed by atoms with van der Waals surface area (Å²) in [7, 11) is 0. The van der Waals surface area contributed by atoms with Crippen LogP contribution in [0.15, 0.2) is 34.9 Å². The van der Waals surface area contributed by atoms with Crippen LogP contribution < -0.4 is 0 Å². The maximum Gasteiger partial charge on any atom is 0.236 e. The number of piperidine rings is 2. The first-order valence-corrected chi connectivity index (χ1v) is 10.7. The van der Waals surface area contributed by atoms with E-state index < -0.39 is 0 Å². The fraction of sp³-hybridized carbons (Fsp3) is 0.565. The standard InChI is InChI=1S/C23H30FN3O2/c1-23(22-25-15-19(29-22)14-18-8-3-4-9-20(18)24)10-7-13-27(17-23)21(28)16-26-11-5-2-6-12-26/h3-4,8-9,15H,2,5-7,10-14,16-17H2,1H3. The Morgan fingerprint density at radius 2 is 1.97 bits per heavy atom. The molecule has 1 aromatic carbocycles. The van der Waals surface area contributed by atoms with Gasteiger partial charge in [0.2, 0.25) is 11.8 Å². The zero-order valence-corrected chi connectivity index (χ0v) is 17.2. The molecule has 3 heterocycles. The predicted molar refractivity (Wildman–Crippen MR) is 109 cm³/mol. The zero-order valence-electron chi connectivity index (χ0n) is 17.2. The Kier molecular flexibility index (Phi) is 5.99. The lowest BCUT2D eigenvalue weighted by Gasteiger charge is -2.39. The summed E-state index contributed by atoms with van der Waals surface area (Å²) in [5.41, 5.74) is 0.297. The average molecular weight is 400 g/mol. The number of carbonyl (C=O) groups is 1. The molecule has 2 aliphatic rings. The van der Waals surface area contributed by atoms with Gasteiger partial charge in [0.1, 0.15) is 11.6 Å². The summed E-state index contributed by atoms with van der Waals surface area (Å²) in [6.45, 7) is 6.10. The van der Waals surface area contributed by atoms with Gasteiger partial charge in [-0.05, 0) is 57.3 Å². The molecule has 1 aromatic heterocycles. The number of benzene rings is 1. The summed E-state index contributed by atoms with van der Waals surface area (Å²) < 4.78 is 20.0. The van der Waals surface area contributed by atoms with Gasteiger partial charge in [-0.3, -0.25) is 9.69 Å². The highest BCUT2D eigenvalue weighted by Crippen LogP contribution is 2.34. The van der Waals surface area contributed by atoms with Gasteiger partial charge in [-0.25, -0.2) is 9.37 Å². The third-order valence-electron chi connectivity index (χ3n) is 6.25. The summed E-state index contributed by atoms with van der Waals surface area (Å²) in [4.78, 5) is 21.6. The maximum atomic E-state index is 13.9. The van der Waals surface area contributed by atoms with Crippen LogP contribution in [-0.4, -0.2) is 53.4 Å². The van der Waals surface area contributed by atoms with E-state index >= 15 is 0 Å². The highest BCUT2D eigenvalue weighted by molar-refractivity contribution is 5.78. The van der Waals surface area contributed by atoms with Gasteiger partial charge in [-0.2, -0.15) is 0 Å². The van der Waals surface area contributed by atoms with E-state index in [1.165, 1.54) is 25.3 Å². The Bertz CT molecular complexity index is 846. The maximum absolute atomic E-state index is 13.9. The molecule has 0 aliphatic carbocycles. The fourth-order valence-electron chi connectivity index (χ4n) is 4.53. The Hall–Kier alpha value is -2.21. The first-order chi connectivity index (χ1) is 14.0. The van der Waals surface area contributed by atoms with Crippen LogP contribution in [0.2, 0.25) is 0 Å². The number of amides is 1. The Labute approximate surface area is 171 Å². The largest absolute Gasteiger partial charge is 0.445 e. The summed E-state index contributed by atoms with van der Waals surface area (Å²) >= 11 is 0. The van der Waals surface area contributed by atoms with E-state index in [4.69, 9.17) is 4.42 Å². The molecule has 2 aliphatic heterocycles. The lowest BCUT2D eigenvalue weighted by molar-refractivity contribution is -0.135. The van der Waals surface area contributed by atoms with Gasteiger partial charge >= 0.3 is 0 Å². The van der Waals surface area contributed by atoms with E-state index in [1.807, 2.05) is 11.0 Å². The van der Waals surface area contributed by atoms with Crippen LogP contribution in [-0.2, 0) is 16.6 Å². The Morgan fingerprint density at radius 3 is 2.76 bits per heavy atom. The van der Waals surface area contributed by atoms with Gasteiger partial charge < -0.3 is 9.32 Å². The number of likely N-dealkylation sites (tertiary alicyclic amines) is 2. The molecule has 0 saturated carbocycles. The molecule has 0 radical (unpaired) electrons. The minimum atomic E-state index is -0.302.